The monoisotopic (exact) mass is 446 g/mol. The molecule has 0 aromatic carbocycles. The first-order chi connectivity index (χ1) is 13.7. The molecule has 160 valence electrons. The van der Waals surface area contributed by atoms with E-state index in [0.29, 0.717) is 0 Å². The van der Waals surface area contributed by atoms with Crippen molar-refractivity contribution < 1.29 is 42.9 Å². The Kier molecular flexibility index (Phi) is 8.47. The number of rotatable bonds is 7. The standard InChI is InChI=1S/C18H22O9S2/c1-9(19)23-8-13-15(24-10(2)20)16(25-11(3)21)17(26-12(4)22)18(27-13)29-14-6-5-7-28-14/h5-7,13,15-18H,8H2,1-4H3/t13-,15-,16+,17-,18+/m1/s1. The number of ether oxygens (including phenoxy) is 5. The Hall–Kier alpha value is -2.11. The molecule has 1 aromatic rings. The molecule has 9 nitrogen and oxygen atoms in total. The zero-order valence-corrected chi connectivity index (χ0v) is 17.9. The van der Waals surface area contributed by atoms with Crippen LogP contribution in [0.2, 0.25) is 0 Å². The minimum atomic E-state index is -1.15. The zero-order chi connectivity index (χ0) is 21.6. The van der Waals surface area contributed by atoms with Crippen LogP contribution in [-0.2, 0) is 42.9 Å². The molecular formula is C18H22O9S2. The van der Waals surface area contributed by atoms with Crippen LogP contribution >= 0.6 is 23.1 Å². The van der Waals surface area contributed by atoms with Crippen LogP contribution in [0.25, 0.3) is 0 Å². The van der Waals surface area contributed by atoms with Gasteiger partial charge in [0.25, 0.3) is 0 Å². The number of thiophene rings is 1. The van der Waals surface area contributed by atoms with Gasteiger partial charge in [-0.15, -0.1) is 11.3 Å². The Morgan fingerprint density at radius 2 is 1.52 bits per heavy atom. The average Bonchev–Trinajstić information content (AvgIpc) is 3.10. The quantitative estimate of drug-likeness (QED) is 0.454. The number of esters is 4. The van der Waals surface area contributed by atoms with Gasteiger partial charge in [-0.2, -0.15) is 0 Å². The van der Waals surface area contributed by atoms with E-state index in [1.807, 2.05) is 17.5 Å². The Morgan fingerprint density at radius 1 is 0.931 bits per heavy atom. The second-order valence-corrected chi connectivity index (χ2v) is 8.46. The fraction of sp³-hybridized carbons (Fsp3) is 0.556. The SMILES string of the molecule is CC(=O)OC[C@H]1O[C@@H](Sc2cccs2)[C@H](OC(C)=O)[C@@H](OC(C)=O)[C@@H]1OC(C)=O. The highest BCUT2D eigenvalue weighted by atomic mass is 32.2. The molecule has 1 aliphatic heterocycles. The van der Waals surface area contributed by atoms with Crippen molar-refractivity contribution in [1.29, 1.82) is 0 Å². The van der Waals surface area contributed by atoms with Crippen LogP contribution in [0.5, 0.6) is 0 Å². The Balaban J connectivity index is 2.40. The molecule has 1 aromatic heterocycles. The molecule has 29 heavy (non-hydrogen) atoms. The zero-order valence-electron chi connectivity index (χ0n) is 16.3. The molecule has 1 fully saturated rings. The van der Waals surface area contributed by atoms with E-state index in [1.165, 1.54) is 50.8 Å². The van der Waals surface area contributed by atoms with Crippen molar-refractivity contribution in [3.63, 3.8) is 0 Å². The van der Waals surface area contributed by atoms with E-state index in [9.17, 15) is 19.2 Å². The summed E-state index contributed by atoms with van der Waals surface area (Å²) in [5.74, 6) is -2.48. The maximum absolute atomic E-state index is 11.7. The van der Waals surface area contributed by atoms with Crippen LogP contribution in [0.3, 0.4) is 0 Å². The largest absolute Gasteiger partial charge is 0.463 e. The molecular weight excluding hydrogens is 424 g/mol. The average molecular weight is 446 g/mol. The minimum absolute atomic E-state index is 0.237. The smallest absolute Gasteiger partial charge is 0.303 e. The van der Waals surface area contributed by atoms with E-state index in [-0.39, 0.29) is 6.61 Å². The van der Waals surface area contributed by atoms with Gasteiger partial charge in [-0.1, -0.05) is 17.8 Å². The second kappa shape index (κ2) is 10.6. The highest BCUT2D eigenvalue weighted by molar-refractivity contribution is 8.01. The van der Waals surface area contributed by atoms with Crippen LogP contribution in [0, 0.1) is 0 Å². The van der Waals surface area contributed by atoms with Crippen LogP contribution in [0.1, 0.15) is 27.7 Å². The first-order valence-electron chi connectivity index (χ1n) is 8.68. The van der Waals surface area contributed by atoms with Crippen molar-refractivity contribution in [1.82, 2.24) is 0 Å². The Morgan fingerprint density at radius 3 is 2.03 bits per heavy atom. The molecule has 0 radical (unpaired) electrons. The number of carbonyl (C=O) groups is 4. The van der Waals surface area contributed by atoms with Crippen LogP contribution < -0.4 is 0 Å². The molecule has 0 aliphatic carbocycles. The van der Waals surface area contributed by atoms with E-state index in [1.54, 1.807) is 0 Å². The molecule has 0 spiro atoms. The molecule has 5 atom stereocenters. The molecule has 0 unspecified atom stereocenters. The molecule has 2 heterocycles. The van der Waals surface area contributed by atoms with Gasteiger partial charge < -0.3 is 23.7 Å². The molecule has 0 bridgehead atoms. The fourth-order valence-electron chi connectivity index (χ4n) is 2.73. The Bertz CT molecular complexity index is 734. The predicted molar refractivity (Wildman–Crippen MR) is 102 cm³/mol. The topological polar surface area (TPSA) is 114 Å². The third-order valence-corrected chi connectivity index (χ3v) is 5.89. The lowest BCUT2D eigenvalue weighted by Crippen LogP contribution is -2.61. The third-order valence-electron chi connectivity index (χ3n) is 3.68. The van der Waals surface area contributed by atoms with Gasteiger partial charge in [-0.25, -0.2) is 0 Å². The van der Waals surface area contributed by atoms with E-state index in [4.69, 9.17) is 23.7 Å². The van der Waals surface area contributed by atoms with E-state index in [2.05, 4.69) is 0 Å². The van der Waals surface area contributed by atoms with Crippen molar-refractivity contribution in [2.75, 3.05) is 6.61 Å². The highest BCUT2D eigenvalue weighted by Crippen LogP contribution is 2.38. The summed E-state index contributed by atoms with van der Waals surface area (Å²) in [5.41, 5.74) is -0.797. The number of hydrogen-bond acceptors (Lipinski definition) is 11. The summed E-state index contributed by atoms with van der Waals surface area (Å²) in [6, 6.07) is 3.70. The Labute approximate surface area is 176 Å². The predicted octanol–water partition coefficient (Wildman–Crippen LogP) is 1.92. The minimum Gasteiger partial charge on any atom is -0.463 e. The third kappa shape index (κ3) is 7.02. The lowest BCUT2D eigenvalue weighted by Gasteiger charge is -2.44. The molecule has 0 amide bonds. The number of carbonyl (C=O) groups excluding carboxylic acids is 4. The molecule has 2 rings (SSSR count). The lowest BCUT2D eigenvalue weighted by molar-refractivity contribution is -0.237. The van der Waals surface area contributed by atoms with Crippen molar-refractivity contribution in [2.24, 2.45) is 0 Å². The fourth-order valence-corrected chi connectivity index (χ4v) is 4.78. The van der Waals surface area contributed by atoms with Gasteiger partial charge in [0.05, 0.1) is 4.21 Å². The van der Waals surface area contributed by atoms with Gasteiger partial charge in [-0.05, 0) is 11.4 Å². The lowest BCUT2D eigenvalue weighted by atomic mass is 9.99. The first-order valence-corrected chi connectivity index (χ1v) is 10.4. The maximum Gasteiger partial charge on any atom is 0.303 e. The van der Waals surface area contributed by atoms with Crippen LogP contribution in [-0.4, -0.2) is 60.3 Å². The summed E-state index contributed by atoms with van der Waals surface area (Å²) in [6.45, 7) is 4.57. The van der Waals surface area contributed by atoms with Crippen molar-refractivity contribution >= 4 is 47.0 Å². The molecule has 0 N–H and O–H groups in total. The summed E-state index contributed by atoms with van der Waals surface area (Å²) >= 11 is 2.71. The normalized spacial score (nSPS) is 26.3. The summed E-state index contributed by atoms with van der Waals surface area (Å²) in [6.07, 6.45) is -4.27. The van der Waals surface area contributed by atoms with Gasteiger partial charge in [0.1, 0.15) is 18.1 Å². The van der Waals surface area contributed by atoms with Crippen molar-refractivity contribution in [2.45, 2.75) is 61.8 Å². The molecule has 1 saturated heterocycles. The summed E-state index contributed by atoms with van der Waals surface area (Å²) in [7, 11) is 0. The van der Waals surface area contributed by atoms with Gasteiger partial charge in [0.2, 0.25) is 0 Å². The molecule has 11 heteroatoms. The summed E-state index contributed by atoms with van der Waals surface area (Å²) in [4.78, 5) is 46.4. The second-order valence-electron chi connectivity index (χ2n) is 6.12. The molecule has 1 aliphatic rings. The first kappa shape index (κ1) is 23.2. The van der Waals surface area contributed by atoms with Gasteiger partial charge >= 0.3 is 23.9 Å². The maximum atomic E-state index is 11.7. The number of hydrogen-bond donors (Lipinski definition) is 0. The molecule has 0 saturated carbocycles. The van der Waals surface area contributed by atoms with E-state index in [0.717, 1.165) is 4.21 Å². The van der Waals surface area contributed by atoms with E-state index >= 15 is 0 Å². The van der Waals surface area contributed by atoms with Crippen molar-refractivity contribution in [3.8, 4) is 0 Å². The van der Waals surface area contributed by atoms with Crippen LogP contribution in [0.4, 0.5) is 0 Å². The highest BCUT2D eigenvalue weighted by Gasteiger charge is 2.52. The summed E-state index contributed by atoms with van der Waals surface area (Å²) < 4.78 is 28.0. The van der Waals surface area contributed by atoms with Gasteiger partial charge in [-0.3, -0.25) is 19.2 Å². The van der Waals surface area contributed by atoms with Gasteiger partial charge in [0.15, 0.2) is 18.3 Å². The van der Waals surface area contributed by atoms with Crippen molar-refractivity contribution in [3.05, 3.63) is 17.5 Å². The van der Waals surface area contributed by atoms with Crippen LogP contribution in [0.15, 0.2) is 21.7 Å². The number of thioether (sulfide) groups is 1. The van der Waals surface area contributed by atoms with Gasteiger partial charge in [0, 0.05) is 27.7 Å². The summed E-state index contributed by atoms with van der Waals surface area (Å²) in [5, 5.41) is 1.87. The van der Waals surface area contributed by atoms with E-state index < -0.39 is 53.7 Å².